The number of rotatable bonds is 8. The van der Waals surface area contributed by atoms with E-state index < -0.39 is 15.3 Å². The topological polar surface area (TPSA) is 116 Å². The lowest BCUT2D eigenvalue weighted by Gasteiger charge is -2.13. The Morgan fingerprint density at radius 2 is 1.76 bits per heavy atom. The number of hydrogen-bond donors (Lipinski definition) is 2. The van der Waals surface area contributed by atoms with E-state index in [1.165, 1.54) is 23.9 Å². The Morgan fingerprint density at radius 3 is 2.41 bits per heavy atom. The zero-order valence-electron chi connectivity index (χ0n) is 18.6. The number of para-hydroxylation sites is 1. The minimum atomic E-state index is -3.83. The van der Waals surface area contributed by atoms with E-state index in [1.54, 1.807) is 37.3 Å². The Morgan fingerprint density at radius 1 is 1.09 bits per heavy atom. The van der Waals surface area contributed by atoms with Crippen molar-refractivity contribution in [3.8, 4) is 11.5 Å². The molecule has 10 heteroatoms. The molecule has 1 aromatic heterocycles. The van der Waals surface area contributed by atoms with Gasteiger partial charge >= 0.3 is 0 Å². The van der Waals surface area contributed by atoms with Crippen LogP contribution in [-0.2, 0) is 21.4 Å². The van der Waals surface area contributed by atoms with Crippen LogP contribution >= 0.6 is 11.8 Å². The second kappa shape index (κ2) is 9.88. The van der Waals surface area contributed by atoms with Crippen LogP contribution in [0.5, 0.6) is 11.5 Å². The van der Waals surface area contributed by atoms with Gasteiger partial charge < -0.3 is 14.6 Å². The predicted octanol–water partition coefficient (Wildman–Crippen LogP) is 4.62. The Kier molecular flexibility index (Phi) is 6.92. The monoisotopic (exact) mass is 496 g/mol. The van der Waals surface area contributed by atoms with Crippen molar-refractivity contribution in [3.05, 3.63) is 72.8 Å². The second-order valence-corrected chi connectivity index (χ2v) is 10.4. The minimum Gasteiger partial charge on any atom is -0.457 e. The molecular weight excluding hydrogens is 472 g/mol. The van der Waals surface area contributed by atoms with Crippen molar-refractivity contribution in [1.29, 1.82) is 0 Å². The third kappa shape index (κ3) is 5.41. The van der Waals surface area contributed by atoms with E-state index in [0.29, 0.717) is 28.7 Å². The number of carbonyl (C=O) groups excluding carboxylic acids is 1. The summed E-state index contributed by atoms with van der Waals surface area (Å²) in [7, 11) is -3.83. The number of hydrogen-bond acceptors (Lipinski definition) is 6. The van der Waals surface area contributed by atoms with Gasteiger partial charge in [-0.05, 0) is 68.4 Å². The van der Waals surface area contributed by atoms with Gasteiger partial charge in [0.05, 0.1) is 21.2 Å². The predicted molar refractivity (Wildman–Crippen MR) is 134 cm³/mol. The van der Waals surface area contributed by atoms with Crippen molar-refractivity contribution in [2.24, 2.45) is 5.14 Å². The van der Waals surface area contributed by atoms with Gasteiger partial charge in [0, 0.05) is 12.2 Å². The number of nitrogens with two attached hydrogens (primary N) is 1. The molecule has 0 bridgehead atoms. The second-order valence-electron chi connectivity index (χ2n) is 7.52. The quantitative estimate of drug-likeness (QED) is 0.344. The maximum absolute atomic E-state index is 12.8. The molecule has 4 aromatic rings. The van der Waals surface area contributed by atoms with Crippen LogP contribution in [0.15, 0.2) is 82.8 Å². The number of fused-ring (bicyclic) bond motifs is 1. The normalized spacial score (nSPS) is 12.4. The van der Waals surface area contributed by atoms with Gasteiger partial charge in [-0.25, -0.2) is 18.5 Å². The molecule has 3 N–H and O–H groups in total. The first-order valence-electron chi connectivity index (χ1n) is 10.6. The Balaban J connectivity index is 1.45. The fourth-order valence-electron chi connectivity index (χ4n) is 3.35. The first-order chi connectivity index (χ1) is 16.2. The molecule has 3 aromatic carbocycles. The van der Waals surface area contributed by atoms with Gasteiger partial charge in [0.25, 0.3) is 0 Å². The summed E-state index contributed by atoms with van der Waals surface area (Å²) in [5.74, 6) is 1.23. The van der Waals surface area contributed by atoms with E-state index in [0.717, 1.165) is 11.3 Å². The maximum Gasteiger partial charge on any atom is 0.238 e. The number of benzene rings is 3. The number of thioether (sulfide) groups is 1. The summed E-state index contributed by atoms with van der Waals surface area (Å²) in [4.78, 5) is 17.3. The number of carbonyl (C=O) groups is 1. The van der Waals surface area contributed by atoms with Gasteiger partial charge in [-0.15, -0.1) is 0 Å². The number of nitrogens with one attached hydrogen (secondary N) is 1. The van der Waals surface area contributed by atoms with Crippen molar-refractivity contribution in [2.75, 3.05) is 5.32 Å². The van der Waals surface area contributed by atoms with Gasteiger partial charge in [0.15, 0.2) is 5.16 Å². The summed E-state index contributed by atoms with van der Waals surface area (Å²) < 4.78 is 31.0. The average molecular weight is 497 g/mol. The number of nitrogens with zero attached hydrogens (tertiary/aromatic N) is 2. The van der Waals surface area contributed by atoms with Gasteiger partial charge in [-0.3, -0.25) is 4.79 Å². The average Bonchev–Trinajstić information content (AvgIpc) is 3.16. The minimum absolute atomic E-state index is 0.00258. The Labute approximate surface area is 202 Å². The van der Waals surface area contributed by atoms with Gasteiger partial charge in [-0.2, -0.15) is 0 Å². The van der Waals surface area contributed by atoms with Crippen molar-refractivity contribution in [3.63, 3.8) is 0 Å². The molecule has 0 unspecified atom stereocenters. The highest BCUT2D eigenvalue weighted by Gasteiger charge is 2.20. The van der Waals surface area contributed by atoms with Crippen LogP contribution in [0.1, 0.15) is 13.8 Å². The summed E-state index contributed by atoms with van der Waals surface area (Å²) >= 11 is 1.30. The van der Waals surface area contributed by atoms with E-state index >= 15 is 0 Å². The molecule has 0 aliphatic rings. The van der Waals surface area contributed by atoms with Crippen LogP contribution in [0.3, 0.4) is 0 Å². The third-order valence-electron chi connectivity index (χ3n) is 5.08. The van der Waals surface area contributed by atoms with E-state index in [9.17, 15) is 13.2 Å². The number of anilines is 1. The SMILES string of the molecule is CCn1c(S[C@@H](C)C(=O)Nc2ccc(Oc3ccccc3)cc2)nc2cc(S(N)(=O)=O)ccc21. The lowest BCUT2D eigenvalue weighted by Crippen LogP contribution is -2.22. The van der Waals surface area contributed by atoms with Crippen LogP contribution in [0.2, 0.25) is 0 Å². The molecular formula is C24H24N4O4S2. The summed E-state index contributed by atoms with van der Waals surface area (Å²) in [5, 5.41) is 8.32. The van der Waals surface area contributed by atoms with Gasteiger partial charge in [-0.1, -0.05) is 30.0 Å². The van der Waals surface area contributed by atoms with Gasteiger partial charge in [0.1, 0.15) is 11.5 Å². The molecule has 0 radical (unpaired) electrons. The van der Waals surface area contributed by atoms with Crippen LogP contribution in [0, 0.1) is 0 Å². The van der Waals surface area contributed by atoms with E-state index in [2.05, 4.69) is 10.3 Å². The number of ether oxygens (including phenoxy) is 1. The van der Waals surface area contributed by atoms with E-state index in [4.69, 9.17) is 9.88 Å². The summed E-state index contributed by atoms with van der Waals surface area (Å²) in [6, 6.07) is 21.2. The maximum atomic E-state index is 12.8. The largest absolute Gasteiger partial charge is 0.457 e. The first kappa shape index (κ1) is 23.8. The first-order valence-corrected chi connectivity index (χ1v) is 13.0. The number of aromatic nitrogens is 2. The van der Waals surface area contributed by atoms with Crippen molar-refractivity contribution in [1.82, 2.24) is 9.55 Å². The summed E-state index contributed by atoms with van der Waals surface area (Å²) in [6.07, 6.45) is 0. The molecule has 0 aliphatic carbocycles. The van der Waals surface area contributed by atoms with Crippen molar-refractivity contribution in [2.45, 2.75) is 35.7 Å². The van der Waals surface area contributed by atoms with E-state index in [-0.39, 0.29) is 10.8 Å². The molecule has 1 amide bonds. The Bertz CT molecular complexity index is 1420. The van der Waals surface area contributed by atoms with Crippen molar-refractivity contribution < 1.29 is 17.9 Å². The van der Waals surface area contributed by atoms with Crippen molar-refractivity contribution >= 4 is 44.4 Å². The number of amides is 1. The molecule has 0 saturated heterocycles. The Hall–Kier alpha value is -3.34. The van der Waals surface area contributed by atoms with Gasteiger partial charge in [0.2, 0.25) is 15.9 Å². The third-order valence-corrected chi connectivity index (χ3v) is 7.08. The highest BCUT2D eigenvalue weighted by Crippen LogP contribution is 2.29. The molecule has 0 saturated carbocycles. The molecule has 0 spiro atoms. The lowest BCUT2D eigenvalue weighted by molar-refractivity contribution is -0.115. The lowest BCUT2D eigenvalue weighted by atomic mass is 10.3. The standard InChI is InChI=1S/C24H24N4O4S2/c1-3-28-22-14-13-20(34(25,30)31)15-21(22)27-24(28)33-16(2)23(29)26-17-9-11-19(12-10-17)32-18-7-5-4-6-8-18/h4-16H,3H2,1-2H3,(H,26,29)(H2,25,30,31)/t16-/m0/s1. The highest BCUT2D eigenvalue weighted by molar-refractivity contribution is 8.00. The van der Waals surface area contributed by atoms with E-state index in [1.807, 2.05) is 41.8 Å². The zero-order valence-corrected chi connectivity index (χ0v) is 20.3. The molecule has 4 rings (SSSR count). The van der Waals surface area contributed by atoms with Crippen LogP contribution in [0.25, 0.3) is 11.0 Å². The van der Waals surface area contributed by atoms with Crippen LogP contribution in [-0.4, -0.2) is 29.1 Å². The molecule has 1 heterocycles. The fourth-order valence-corrected chi connectivity index (χ4v) is 4.87. The number of sulfonamides is 1. The molecule has 0 fully saturated rings. The molecule has 1 atom stereocenters. The molecule has 0 aliphatic heterocycles. The smallest absolute Gasteiger partial charge is 0.238 e. The number of aryl methyl sites for hydroxylation is 1. The molecule has 176 valence electrons. The molecule has 8 nitrogen and oxygen atoms in total. The summed E-state index contributed by atoms with van der Waals surface area (Å²) in [5.41, 5.74) is 1.94. The molecule has 34 heavy (non-hydrogen) atoms. The van der Waals surface area contributed by atoms with Crippen LogP contribution in [0.4, 0.5) is 5.69 Å². The van der Waals surface area contributed by atoms with Crippen LogP contribution < -0.4 is 15.2 Å². The fraction of sp³-hybridized carbons (Fsp3) is 0.167. The number of primary sulfonamides is 1. The highest BCUT2D eigenvalue weighted by atomic mass is 32.2. The summed E-state index contributed by atoms with van der Waals surface area (Å²) in [6.45, 7) is 4.37. The zero-order chi connectivity index (χ0) is 24.3. The number of imidazole rings is 1.